The van der Waals surface area contributed by atoms with Crippen LogP contribution < -0.4 is 20.2 Å². The second-order valence-electron chi connectivity index (χ2n) is 20.4. The molecule has 3 heterocycles. The van der Waals surface area contributed by atoms with Crippen molar-refractivity contribution in [2.24, 2.45) is 0 Å². The number of nitrogens with zero attached hydrogens (tertiary/aromatic N) is 2. The van der Waals surface area contributed by atoms with Crippen LogP contribution in [0.5, 0.6) is 11.5 Å². The molecule has 3 aromatic heterocycles. The molecule has 0 saturated heterocycles. The van der Waals surface area contributed by atoms with Gasteiger partial charge in [-0.25, -0.2) is 0 Å². The normalized spacial score (nSPS) is 13.2. The van der Waals surface area contributed by atoms with Crippen LogP contribution in [-0.2, 0) is 5.41 Å². The summed E-state index contributed by atoms with van der Waals surface area (Å²) in [5, 5.41) is 42.8. The van der Waals surface area contributed by atoms with E-state index in [1.165, 1.54) is 55.2 Å². The van der Waals surface area contributed by atoms with Gasteiger partial charge in [-0.3, -0.25) is 0 Å². The van der Waals surface area contributed by atoms with E-state index in [0.29, 0.717) is 5.56 Å². The van der Waals surface area contributed by atoms with Crippen LogP contribution in [0.1, 0.15) is 112 Å². The fraction of sp³-hybridized carbons (Fsp3) is 0.0274. The number of rotatable bonds is 5. The molecule has 6 nitrogen and oxygen atoms in total. The van der Waals surface area contributed by atoms with Crippen molar-refractivity contribution in [3.05, 3.63) is 294 Å². The first-order chi connectivity index (χ1) is 39.8. The Hall–Kier alpha value is -10.0. The topological polar surface area (TPSA) is 103 Å². The van der Waals surface area contributed by atoms with Gasteiger partial charge in [-0.2, -0.15) is 15.2 Å². The molecule has 1 unspecified atom stereocenters. The van der Waals surface area contributed by atoms with Gasteiger partial charge in [-0.05, 0) is 129 Å². The van der Waals surface area contributed by atoms with Crippen molar-refractivity contribution < 1.29 is 98.6 Å². The molecule has 0 spiro atoms. The number of benzene rings is 12. The predicted octanol–water partition coefficient (Wildman–Crippen LogP) is 29.7. The van der Waals surface area contributed by atoms with E-state index in [9.17, 15) is 15.5 Å². The number of thiazole rings is 2. The third-order valence-corrected chi connectivity index (χ3v) is 17.9. The van der Waals surface area contributed by atoms with Crippen molar-refractivity contribution in [2.45, 2.75) is 12.3 Å². The van der Waals surface area contributed by atoms with Crippen LogP contribution in [0, 0.1) is 18.3 Å². The summed E-state index contributed by atoms with van der Waals surface area (Å²) >= 11 is 3.24. The number of nitriles is 1. The zero-order chi connectivity index (χ0) is 54.6. The van der Waals surface area contributed by atoms with E-state index in [1.807, 2.05) is 103 Å². The minimum Gasteiger partial charge on any atom is -0.872 e. The zero-order valence-electron chi connectivity index (χ0n) is 44.6. The van der Waals surface area contributed by atoms with E-state index < -0.39 is 5.41 Å². The van der Waals surface area contributed by atoms with Crippen molar-refractivity contribution in [1.82, 2.24) is 4.57 Å². The Bertz CT molecular complexity index is 4870. The molecule has 0 bridgehead atoms. The number of aryl methyl sites for hydroxylation is 1. The predicted molar refractivity (Wildman–Crippen MR) is 451 cm³/mol. The summed E-state index contributed by atoms with van der Waals surface area (Å²) in [4.78, 5) is 6.67. The van der Waals surface area contributed by atoms with Crippen LogP contribution in [-0.4, -0.2) is 14.7 Å². The summed E-state index contributed by atoms with van der Waals surface area (Å²) in [5.74, 6) is 0.123. The van der Waals surface area contributed by atoms with E-state index in [4.69, 9.17) is 0 Å². The second-order valence-corrected chi connectivity index (χ2v) is 22.6. The number of aromatic nitrogens is 3. The number of H-pyrrole nitrogens is 2. The van der Waals surface area contributed by atoms with Gasteiger partial charge in [0.15, 0.2) is 0 Å². The maximum atomic E-state index is 12.3. The third-order valence-electron chi connectivity index (χ3n) is 15.7. The van der Waals surface area contributed by atoms with E-state index in [2.05, 4.69) is 173 Å². The number of hydrogen-bond donors (Lipinski definition) is 0. The average molecular weight is 1200 g/mol. The molecule has 82 heavy (non-hydrogen) atoms. The van der Waals surface area contributed by atoms with Gasteiger partial charge in [-0.1, -0.05) is 222 Å². The third kappa shape index (κ3) is 8.85. The second kappa shape index (κ2) is 21.2. The number of hydrogen-bond acceptors (Lipinski definition) is 5. The minimum atomic E-state index is -0.516. The van der Waals surface area contributed by atoms with Crippen molar-refractivity contribution in [2.75, 3.05) is 0 Å². The summed E-state index contributed by atoms with van der Waals surface area (Å²) in [5.41, 5.74) is 15.8. The summed E-state index contributed by atoms with van der Waals surface area (Å²) in [6.07, 6.45) is 0. The monoisotopic (exact) mass is 1200 g/mol. The Balaban J connectivity index is -0.0000000205. The summed E-state index contributed by atoms with van der Waals surface area (Å²) in [7, 11) is 0. The molecule has 0 saturated carbocycles. The maximum absolute atomic E-state index is 12.3. The fourth-order valence-corrected chi connectivity index (χ4v) is 13.9. The van der Waals surface area contributed by atoms with Gasteiger partial charge in [0.05, 0.1) is 39.2 Å². The maximum Gasteiger partial charge on any atom is 2.00 e. The van der Waals surface area contributed by atoms with E-state index >= 15 is 0 Å². The van der Waals surface area contributed by atoms with Crippen molar-refractivity contribution in [3.63, 3.8) is 0 Å². The van der Waals surface area contributed by atoms with Crippen LogP contribution in [0.25, 0.3) is 102 Å². The van der Waals surface area contributed by atoms with Gasteiger partial charge < -0.3 is 14.8 Å². The molecule has 494 valence electrons. The van der Waals surface area contributed by atoms with Crippen LogP contribution in [0.3, 0.4) is 0 Å². The molecule has 16 rings (SSSR count). The first-order valence-electron chi connectivity index (χ1n) is 26.9. The number of nitrogens with one attached hydrogen (secondary N) is 2. The van der Waals surface area contributed by atoms with Crippen molar-refractivity contribution in [1.29, 1.82) is 5.26 Å². The molecule has 12 aromatic carbocycles. The van der Waals surface area contributed by atoms with Gasteiger partial charge in [0, 0.05) is 107 Å². The van der Waals surface area contributed by atoms with Crippen LogP contribution in [0.2, 0.25) is 0 Å². The Labute approximate surface area is 567 Å². The number of aromatic amines is 2. The molecule has 0 radical (unpaired) electrons. The molecular weight excluding hydrogens is 1040 g/mol. The number of fused-ring (bicyclic) bond motifs is 10. The number of para-hydroxylation sites is 4. The van der Waals surface area contributed by atoms with E-state index in [1.54, 1.807) is 34.8 Å². The molecule has 0 fully saturated rings. The molecule has 1 aliphatic rings. The summed E-state index contributed by atoms with van der Waals surface area (Å²) in [6.45, 7) is 2.14. The van der Waals surface area contributed by atoms with Crippen LogP contribution in [0.4, 0.5) is 0 Å². The smallest absolute Gasteiger partial charge is 0.872 e. The van der Waals surface area contributed by atoms with Gasteiger partial charge in [0.2, 0.25) is 11.0 Å². The molecule has 15 aromatic rings. The average Bonchev–Trinajstić information content (AvgIpc) is 1.53. The first-order valence-corrected chi connectivity index (χ1v) is 28.5. The van der Waals surface area contributed by atoms with E-state index in [-0.39, 0.29) is 100 Å². The Morgan fingerprint density at radius 1 is 0.439 bits per heavy atom. The Morgan fingerprint density at radius 3 is 1.55 bits per heavy atom. The quantitative estimate of drug-likeness (QED) is 0.160. The molecule has 9 heteroatoms. The molecule has 1 atom stereocenters. The molecule has 0 aliphatic heterocycles. The molecule has 1 aliphatic carbocycles. The van der Waals surface area contributed by atoms with Gasteiger partial charge in [-0.15, -0.1) is 0 Å². The van der Waals surface area contributed by atoms with Gasteiger partial charge in [0.1, 0.15) is 9.40 Å². The van der Waals surface area contributed by atoms with Gasteiger partial charge in [0.25, 0.3) is 10.0 Å². The summed E-state index contributed by atoms with van der Waals surface area (Å²) < 4.78 is 4.69. The zero-order valence-corrected chi connectivity index (χ0v) is 46.2. The summed E-state index contributed by atoms with van der Waals surface area (Å²) in [6, 6.07) is 91.9. The minimum absolute atomic E-state index is 0. The Morgan fingerprint density at radius 2 is 0.939 bits per heavy atom. The SMILES string of the molecule is Cc1ccc(C2(c3ccc4c(c3)c3ccccc3n4-c3ccccc3)c3ccccc3-c3cc(C#N)ccc32)cc1.[Be+2].[HH].[HH].[HH].[HH].[HH].[HH].[HH].[HH].[HH].[HH].[HH].[HH].[HH].[HH].[HH].[HH].[HH].[HH].[HH].[HH].[HH].[HH].[HH].[HH].[HH].[HH].[HH].[HH].[HH].[HH].[HH].[HH].[HH].[HH].[HH].[HH].[HH].[HH].[HH].[HH].[HH].[HH].[HH].[HH].[HH].[HH].[HH].[HH].[HH].[HH].[HH].[HH].[HH].[HH].[HH].[O-]c1cc2ccccc2cc1-c1[nH+]c2ccccc2s1.[O-]c1cc2ccccc2cc1-c1[nH+]c2ccccc2s1. The van der Waals surface area contributed by atoms with Crippen molar-refractivity contribution in [3.8, 4) is 55.5 Å². The van der Waals surface area contributed by atoms with E-state index in [0.717, 1.165) is 74.4 Å². The molecule has 0 amide bonds. The largest absolute Gasteiger partial charge is 2.00 e. The molecule has 2 N–H and O–H groups in total. The van der Waals surface area contributed by atoms with Crippen LogP contribution >= 0.6 is 22.7 Å². The molecular formula is C73H158BeN4O2S2+2. The Kier molecular flexibility index (Phi) is 13.3. The first kappa shape index (κ1) is 51.4. The van der Waals surface area contributed by atoms with Gasteiger partial charge >= 0.3 is 10.1 Å². The van der Waals surface area contributed by atoms with Crippen molar-refractivity contribution >= 4 is 96.6 Å². The standard InChI is InChI=1S/C39H26N2.2C17H11NOS.Be.55H2/c1-26-15-18-28(19-16-26)39(35-13-7-5-11-31(35)33-23-27(25-40)17-21-36(33)39)29-20-22-38-34(24-29)32-12-6-8-14-37(32)41(38)30-9-3-2-4-10-30;2*19-15-10-12-6-2-1-5-11(12)9-13(15)17-18-14-7-3-4-8-16(14)20-17;;;;;;;;;;;;;;;;;;;;;;;;;;;;;;;;;;;;;;;;;;;;;;;;;;;;;;;;/h2-24H,1H3;2*1-10,19H;;55*1H/q;;;+2;;;;;;;;;;;;;;;;;;;;;;;;;;;;;;;;;;;;;;;;;;;;;;;;;;;;;;;. The fourth-order valence-electron chi connectivity index (χ4n) is 11.9. The van der Waals surface area contributed by atoms with Crippen LogP contribution in [0.15, 0.2) is 261 Å².